The highest BCUT2D eigenvalue weighted by molar-refractivity contribution is 5.89. The zero-order valence-electron chi connectivity index (χ0n) is 20.6. The molecule has 1 fully saturated rings. The van der Waals surface area contributed by atoms with Gasteiger partial charge in [0.2, 0.25) is 11.8 Å². The van der Waals surface area contributed by atoms with Gasteiger partial charge in [0.05, 0.1) is 25.8 Å². The summed E-state index contributed by atoms with van der Waals surface area (Å²) in [5, 5.41) is 7.39. The number of nitrogens with zero attached hydrogens (tertiary/aromatic N) is 4. The second-order valence-corrected chi connectivity index (χ2v) is 8.76. The van der Waals surface area contributed by atoms with Crippen LogP contribution in [0.15, 0.2) is 42.6 Å². The van der Waals surface area contributed by atoms with Gasteiger partial charge in [0.1, 0.15) is 0 Å². The number of hydrogen-bond acceptors (Lipinski definition) is 6. The summed E-state index contributed by atoms with van der Waals surface area (Å²) in [5.74, 6) is 1.59. The molecule has 1 aromatic carbocycles. The van der Waals surface area contributed by atoms with Crippen LogP contribution >= 0.6 is 0 Å². The van der Waals surface area contributed by atoms with Crippen LogP contribution in [0.5, 0.6) is 11.5 Å². The van der Waals surface area contributed by atoms with E-state index in [9.17, 15) is 9.59 Å². The van der Waals surface area contributed by atoms with E-state index in [1.54, 1.807) is 30.0 Å². The molecule has 3 aromatic rings. The molecule has 1 aliphatic heterocycles. The number of carbonyl (C=O) groups is 2. The average molecular weight is 478 g/mol. The Hall–Kier alpha value is -3.88. The lowest BCUT2D eigenvalue weighted by Crippen LogP contribution is -2.33. The summed E-state index contributed by atoms with van der Waals surface area (Å²) in [6.45, 7) is 5.26. The summed E-state index contributed by atoms with van der Waals surface area (Å²) in [6, 6.07) is 11.5. The van der Waals surface area contributed by atoms with Crippen LogP contribution in [0.1, 0.15) is 28.9 Å². The molecule has 0 aliphatic carbocycles. The third-order valence-corrected chi connectivity index (χ3v) is 6.21. The van der Waals surface area contributed by atoms with E-state index < -0.39 is 0 Å². The number of pyridine rings is 1. The molecule has 2 aromatic heterocycles. The molecular formula is C26H31N5O4. The van der Waals surface area contributed by atoms with Crippen LogP contribution in [0.4, 0.5) is 0 Å². The molecule has 0 spiro atoms. The first-order valence-electron chi connectivity index (χ1n) is 11.6. The third-order valence-electron chi connectivity index (χ3n) is 6.21. The molecule has 1 aliphatic rings. The lowest BCUT2D eigenvalue weighted by atomic mass is 10.1. The summed E-state index contributed by atoms with van der Waals surface area (Å²) < 4.78 is 12.4. The van der Waals surface area contributed by atoms with Gasteiger partial charge in [-0.05, 0) is 55.7 Å². The number of benzene rings is 1. The minimum Gasteiger partial charge on any atom is -0.493 e. The number of nitrogens with one attached hydrogen (secondary N) is 1. The average Bonchev–Trinajstić information content (AvgIpc) is 3.41. The zero-order chi connectivity index (χ0) is 24.9. The zero-order valence-corrected chi connectivity index (χ0v) is 20.6. The van der Waals surface area contributed by atoms with Gasteiger partial charge in [0.15, 0.2) is 17.3 Å². The molecule has 9 heteroatoms. The number of aryl methyl sites for hydroxylation is 2. The summed E-state index contributed by atoms with van der Waals surface area (Å²) in [7, 11) is 3.19. The van der Waals surface area contributed by atoms with Crippen molar-refractivity contribution in [3.63, 3.8) is 0 Å². The van der Waals surface area contributed by atoms with Gasteiger partial charge in [-0.2, -0.15) is 5.10 Å². The standard InChI is InChI=1S/C26H31N5O4/c1-17-11-18(2)31(29-17)24-8-6-20(14-27-24)15-28-26(33)21-13-25(32)30(16-21)10-9-19-5-7-22(34-3)23(12-19)35-4/h5-8,11-12,14,21H,9-10,13,15-16H2,1-4H3,(H,28,33). The van der Waals surface area contributed by atoms with Crippen LogP contribution in [-0.4, -0.2) is 58.8 Å². The van der Waals surface area contributed by atoms with Gasteiger partial charge in [0.25, 0.3) is 0 Å². The fourth-order valence-corrected chi connectivity index (χ4v) is 4.30. The summed E-state index contributed by atoms with van der Waals surface area (Å²) in [5.41, 5.74) is 3.88. The Balaban J connectivity index is 1.27. The van der Waals surface area contributed by atoms with Crippen molar-refractivity contribution >= 4 is 11.8 Å². The fraction of sp³-hybridized carbons (Fsp3) is 0.385. The topological polar surface area (TPSA) is 98.6 Å². The van der Waals surface area contributed by atoms with Crippen molar-refractivity contribution < 1.29 is 19.1 Å². The van der Waals surface area contributed by atoms with Crippen LogP contribution in [0.3, 0.4) is 0 Å². The lowest BCUT2D eigenvalue weighted by molar-refractivity contribution is -0.129. The molecule has 0 radical (unpaired) electrons. The SMILES string of the molecule is COc1ccc(CCN2CC(C(=O)NCc3ccc(-n4nc(C)cc4C)nc3)CC2=O)cc1OC. The Labute approximate surface area is 205 Å². The summed E-state index contributed by atoms with van der Waals surface area (Å²) >= 11 is 0. The van der Waals surface area contributed by atoms with Gasteiger partial charge in [-0.15, -0.1) is 0 Å². The number of methoxy groups -OCH3 is 2. The quantitative estimate of drug-likeness (QED) is 0.509. The molecule has 1 saturated heterocycles. The van der Waals surface area contributed by atoms with Crippen LogP contribution in [0.2, 0.25) is 0 Å². The molecular weight excluding hydrogens is 446 g/mol. The van der Waals surface area contributed by atoms with E-state index >= 15 is 0 Å². The molecule has 0 saturated carbocycles. The maximum atomic E-state index is 12.7. The summed E-state index contributed by atoms with van der Waals surface area (Å²) in [4.78, 5) is 31.4. The van der Waals surface area contributed by atoms with E-state index in [-0.39, 0.29) is 24.2 Å². The minimum absolute atomic E-state index is 0.00142. The third kappa shape index (κ3) is 5.62. The molecule has 4 rings (SSSR count). The highest BCUT2D eigenvalue weighted by Crippen LogP contribution is 2.28. The predicted octanol–water partition coefficient (Wildman–Crippen LogP) is 2.61. The van der Waals surface area contributed by atoms with Crippen molar-refractivity contribution in [1.29, 1.82) is 0 Å². The van der Waals surface area contributed by atoms with Gasteiger partial charge < -0.3 is 19.7 Å². The van der Waals surface area contributed by atoms with E-state index in [1.807, 2.05) is 50.2 Å². The number of carbonyl (C=O) groups excluding carboxylic acids is 2. The molecule has 2 amide bonds. The number of ether oxygens (including phenoxy) is 2. The Bertz CT molecular complexity index is 1200. The maximum Gasteiger partial charge on any atom is 0.225 e. The van der Waals surface area contributed by atoms with E-state index in [1.165, 1.54) is 0 Å². The van der Waals surface area contributed by atoms with Crippen LogP contribution < -0.4 is 14.8 Å². The number of hydrogen-bond donors (Lipinski definition) is 1. The Morgan fingerprint density at radius 3 is 2.51 bits per heavy atom. The first-order chi connectivity index (χ1) is 16.9. The largest absolute Gasteiger partial charge is 0.493 e. The maximum absolute atomic E-state index is 12.7. The van der Waals surface area contributed by atoms with Crippen molar-refractivity contribution in [3.8, 4) is 17.3 Å². The molecule has 9 nitrogen and oxygen atoms in total. The molecule has 3 heterocycles. The van der Waals surface area contributed by atoms with E-state index in [0.717, 1.165) is 28.3 Å². The summed E-state index contributed by atoms with van der Waals surface area (Å²) in [6.07, 6.45) is 2.64. The van der Waals surface area contributed by atoms with E-state index in [0.29, 0.717) is 37.6 Å². The molecule has 1 atom stereocenters. The second-order valence-electron chi connectivity index (χ2n) is 8.76. The van der Waals surface area contributed by atoms with Gasteiger partial charge in [-0.25, -0.2) is 9.67 Å². The van der Waals surface area contributed by atoms with Crippen LogP contribution in [0, 0.1) is 19.8 Å². The number of aromatic nitrogens is 3. The van der Waals surface area contributed by atoms with Crippen LogP contribution in [-0.2, 0) is 22.6 Å². The number of likely N-dealkylation sites (tertiary alicyclic amines) is 1. The molecule has 1 N–H and O–H groups in total. The van der Waals surface area contributed by atoms with Crippen molar-refractivity contribution in [2.75, 3.05) is 27.3 Å². The first kappa shape index (κ1) is 24.3. The van der Waals surface area contributed by atoms with Gasteiger partial charge >= 0.3 is 0 Å². The minimum atomic E-state index is -0.352. The Morgan fingerprint density at radius 2 is 1.86 bits per heavy atom. The van der Waals surface area contributed by atoms with Gasteiger partial charge in [0, 0.05) is 37.9 Å². The smallest absolute Gasteiger partial charge is 0.225 e. The normalized spacial score (nSPS) is 15.4. The van der Waals surface area contributed by atoms with E-state index in [2.05, 4.69) is 15.4 Å². The highest BCUT2D eigenvalue weighted by atomic mass is 16.5. The highest BCUT2D eigenvalue weighted by Gasteiger charge is 2.33. The second kappa shape index (κ2) is 10.6. The van der Waals surface area contributed by atoms with Gasteiger partial charge in [-0.3, -0.25) is 9.59 Å². The fourth-order valence-electron chi connectivity index (χ4n) is 4.30. The van der Waals surface area contributed by atoms with Gasteiger partial charge in [-0.1, -0.05) is 12.1 Å². The van der Waals surface area contributed by atoms with Crippen LogP contribution in [0.25, 0.3) is 5.82 Å². The van der Waals surface area contributed by atoms with Crippen molar-refractivity contribution in [3.05, 3.63) is 65.1 Å². The van der Waals surface area contributed by atoms with Crippen molar-refractivity contribution in [2.45, 2.75) is 33.2 Å². The number of rotatable bonds is 9. The molecule has 1 unspecified atom stereocenters. The van der Waals surface area contributed by atoms with Crippen molar-refractivity contribution in [1.82, 2.24) is 25.0 Å². The molecule has 0 bridgehead atoms. The predicted molar refractivity (Wildman–Crippen MR) is 131 cm³/mol. The van der Waals surface area contributed by atoms with Crippen molar-refractivity contribution in [2.24, 2.45) is 5.92 Å². The Kier molecular flexibility index (Phi) is 7.33. The molecule has 184 valence electrons. The first-order valence-corrected chi connectivity index (χ1v) is 11.6. The number of amides is 2. The monoisotopic (exact) mass is 477 g/mol. The van der Waals surface area contributed by atoms with E-state index in [4.69, 9.17) is 9.47 Å². The lowest BCUT2D eigenvalue weighted by Gasteiger charge is -2.17. The molecule has 35 heavy (non-hydrogen) atoms. The Morgan fingerprint density at radius 1 is 1.09 bits per heavy atom.